The van der Waals surface area contributed by atoms with Gasteiger partial charge in [0.1, 0.15) is 11.9 Å². The average Bonchev–Trinajstić information content (AvgIpc) is 2.64. The van der Waals surface area contributed by atoms with Gasteiger partial charge in [0.15, 0.2) is 0 Å². The van der Waals surface area contributed by atoms with E-state index in [1.165, 1.54) is 29.2 Å². The zero-order valence-corrected chi connectivity index (χ0v) is 13.9. The Kier molecular flexibility index (Phi) is 5.26. The van der Waals surface area contributed by atoms with Gasteiger partial charge in [-0.05, 0) is 36.4 Å². The van der Waals surface area contributed by atoms with Gasteiger partial charge in [-0.15, -0.1) is 0 Å². The quantitative estimate of drug-likeness (QED) is 0.878. The fourth-order valence-corrected chi connectivity index (χ4v) is 2.83. The molecule has 1 atom stereocenters. The number of benzene rings is 2. The van der Waals surface area contributed by atoms with E-state index in [2.05, 4.69) is 10.6 Å². The minimum Gasteiger partial charge on any atom is -0.353 e. The van der Waals surface area contributed by atoms with Gasteiger partial charge in [-0.25, -0.2) is 4.39 Å². The van der Waals surface area contributed by atoms with Crippen LogP contribution in [0.3, 0.4) is 0 Å². The Morgan fingerprint density at radius 3 is 2.50 bits per heavy atom. The number of anilines is 1. The standard InChI is InChI=1S/C19H18FN3O3/c20-14-8-6-13(7-9-14)19(26)23-11-10-21-18(25)16(23)12-17(24)22-15-4-2-1-3-5-15/h1-9,16H,10-12H2,(H,21,25)(H,22,24)/t16-/m0/s1. The van der Waals surface area contributed by atoms with Crippen LogP contribution in [0.2, 0.25) is 0 Å². The molecular weight excluding hydrogens is 337 g/mol. The lowest BCUT2D eigenvalue weighted by Gasteiger charge is -2.34. The van der Waals surface area contributed by atoms with Gasteiger partial charge in [0.2, 0.25) is 11.8 Å². The second kappa shape index (κ2) is 7.77. The second-order valence-electron chi connectivity index (χ2n) is 5.93. The number of carbonyl (C=O) groups is 3. The van der Waals surface area contributed by atoms with Crippen LogP contribution in [0.5, 0.6) is 0 Å². The van der Waals surface area contributed by atoms with Crippen molar-refractivity contribution in [1.29, 1.82) is 0 Å². The summed E-state index contributed by atoms with van der Waals surface area (Å²) in [5, 5.41) is 5.38. The van der Waals surface area contributed by atoms with Gasteiger partial charge in [0.25, 0.3) is 5.91 Å². The van der Waals surface area contributed by atoms with Gasteiger partial charge >= 0.3 is 0 Å². The van der Waals surface area contributed by atoms with Crippen LogP contribution in [0, 0.1) is 5.82 Å². The molecule has 1 aliphatic heterocycles. The zero-order valence-electron chi connectivity index (χ0n) is 13.9. The molecule has 1 heterocycles. The number of hydrogen-bond acceptors (Lipinski definition) is 3. The molecule has 2 aromatic rings. The Bertz CT molecular complexity index is 809. The molecule has 2 aromatic carbocycles. The number of rotatable bonds is 4. The molecule has 0 bridgehead atoms. The van der Waals surface area contributed by atoms with E-state index in [4.69, 9.17) is 0 Å². The van der Waals surface area contributed by atoms with Gasteiger partial charge in [0, 0.05) is 24.3 Å². The molecule has 0 radical (unpaired) electrons. The highest BCUT2D eigenvalue weighted by Crippen LogP contribution is 2.16. The van der Waals surface area contributed by atoms with Gasteiger partial charge in [0.05, 0.1) is 6.42 Å². The molecule has 26 heavy (non-hydrogen) atoms. The number of nitrogens with zero attached hydrogens (tertiary/aromatic N) is 1. The van der Waals surface area contributed by atoms with Crippen molar-refractivity contribution in [2.45, 2.75) is 12.5 Å². The van der Waals surface area contributed by atoms with Crippen LogP contribution in [0.1, 0.15) is 16.8 Å². The summed E-state index contributed by atoms with van der Waals surface area (Å²) < 4.78 is 13.1. The van der Waals surface area contributed by atoms with Crippen molar-refractivity contribution in [2.75, 3.05) is 18.4 Å². The topological polar surface area (TPSA) is 78.5 Å². The predicted octanol–water partition coefficient (Wildman–Crippen LogP) is 1.80. The van der Waals surface area contributed by atoms with Crippen LogP contribution in [-0.2, 0) is 9.59 Å². The number of piperazine rings is 1. The number of amides is 3. The van der Waals surface area contributed by atoms with E-state index in [-0.39, 0.29) is 30.3 Å². The maximum Gasteiger partial charge on any atom is 0.254 e. The molecule has 0 aliphatic carbocycles. The van der Waals surface area contributed by atoms with Crippen molar-refractivity contribution in [3.05, 3.63) is 66.0 Å². The van der Waals surface area contributed by atoms with E-state index in [0.29, 0.717) is 12.2 Å². The molecule has 1 aliphatic rings. The highest BCUT2D eigenvalue weighted by Gasteiger charge is 2.35. The molecule has 3 rings (SSSR count). The molecule has 2 N–H and O–H groups in total. The molecule has 0 aromatic heterocycles. The lowest BCUT2D eigenvalue weighted by Crippen LogP contribution is -2.58. The van der Waals surface area contributed by atoms with Crippen LogP contribution in [-0.4, -0.2) is 41.8 Å². The minimum absolute atomic E-state index is 0.159. The SMILES string of the molecule is O=C(C[C@H]1C(=O)NCCN1C(=O)c1ccc(F)cc1)Nc1ccccc1. The Labute approximate surface area is 150 Å². The lowest BCUT2D eigenvalue weighted by atomic mass is 10.1. The van der Waals surface area contributed by atoms with Crippen LogP contribution in [0.15, 0.2) is 54.6 Å². The van der Waals surface area contributed by atoms with Gasteiger partial charge in [-0.3, -0.25) is 14.4 Å². The smallest absolute Gasteiger partial charge is 0.254 e. The first kappa shape index (κ1) is 17.6. The Hall–Kier alpha value is -3.22. The first-order valence-electron chi connectivity index (χ1n) is 8.24. The third kappa shape index (κ3) is 4.05. The first-order chi connectivity index (χ1) is 12.5. The van der Waals surface area contributed by atoms with Crippen molar-refractivity contribution in [3.63, 3.8) is 0 Å². The summed E-state index contributed by atoms with van der Waals surface area (Å²) in [4.78, 5) is 38.6. The van der Waals surface area contributed by atoms with Crippen molar-refractivity contribution in [2.24, 2.45) is 0 Å². The average molecular weight is 355 g/mol. The monoisotopic (exact) mass is 355 g/mol. The van der Waals surface area contributed by atoms with E-state index in [1.54, 1.807) is 24.3 Å². The summed E-state index contributed by atoms with van der Waals surface area (Å²) >= 11 is 0. The van der Waals surface area contributed by atoms with Gasteiger partial charge in [-0.1, -0.05) is 18.2 Å². The number of halogens is 1. The van der Waals surface area contributed by atoms with Crippen LogP contribution < -0.4 is 10.6 Å². The molecular formula is C19H18FN3O3. The largest absolute Gasteiger partial charge is 0.353 e. The molecule has 1 fully saturated rings. The highest BCUT2D eigenvalue weighted by molar-refractivity contribution is 6.01. The molecule has 0 saturated carbocycles. The zero-order chi connectivity index (χ0) is 18.5. The summed E-state index contributed by atoms with van der Waals surface area (Å²) in [6.07, 6.45) is -0.159. The third-order valence-corrected chi connectivity index (χ3v) is 4.12. The minimum atomic E-state index is -0.912. The molecule has 0 unspecified atom stereocenters. The van der Waals surface area contributed by atoms with Crippen molar-refractivity contribution in [3.8, 4) is 0 Å². The maximum absolute atomic E-state index is 13.1. The summed E-state index contributed by atoms with van der Waals surface area (Å²) in [6.45, 7) is 0.591. The number of nitrogens with one attached hydrogen (secondary N) is 2. The van der Waals surface area contributed by atoms with Gasteiger partial charge < -0.3 is 15.5 Å². The molecule has 6 nitrogen and oxygen atoms in total. The van der Waals surface area contributed by atoms with Crippen LogP contribution >= 0.6 is 0 Å². The van der Waals surface area contributed by atoms with Crippen molar-refractivity contribution in [1.82, 2.24) is 10.2 Å². The molecule has 3 amide bonds. The van der Waals surface area contributed by atoms with E-state index in [0.717, 1.165) is 0 Å². The van der Waals surface area contributed by atoms with Crippen molar-refractivity contribution < 1.29 is 18.8 Å². The third-order valence-electron chi connectivity index (χ3n) is 4.12. The summed E-state index contributed by atoms with van der Waals surface area (Å²) in [6, 6.07) is 13.1. The Morgan fingerprint density at radius 1 is 1.12 bits per heavy atom. The molecule has 1 saturated heterocycles. The Balaban J connectivity index is 1.73. The van der Waals surface area contributed by atoms with Crippen LogP contribution in [0.4, 0.5) is 10.1 Å². The van der Waals surface area contributed by atoms with Crippen molar-refractivity contribution >= 4 is 23.4 Å². The highest BCUT2D eigenvalue weighted by atomic mass is 19.1. The van der Waals surface area contributed by atoms with E-state index in [1.807, 2.05) is 6.07 Å². The molecule has 7 heteroatoms. The second-order valence-corrected chi connectivity index (χ2v) is 5.93. The summed E-state index contributed by atoms with van der Waals surface area (Å²) in [7, 11) is 0. The fourth-order valence-electron chi connectivity index (χ4n) is 2.83. The van der Waals surface area contributed by atoms with E-state index >= 15 is 0 Å². The first-order valence-corrected chi connectivity index (χ1v) is 8.24. The molecule has 0 spiro atoms. The van der Waals surface area contributed by atoms with Gasteiger partial charge in [-0.2, -0.15) is 0 Å². The number of para-hydroxylation sites is 1. The number of carbonyl (C=O) groups excluding carboxylic acids is 3. The number of hydrogen-bond donors (Lipinski definition) is 2. The van der Waals surface area contributed by atoms with E-state index < -0.39 is 17.8 Å². The Morgan fingerprint density at radius 2 is 1.81 bits per heavy atom. The molecule has 134 valence electrons. The van der Waals surface area contributed by atoms with E-state index in [9.17, 15) is 18.8 Å². The summed E-state index contributed by atoms with van der Waals surface area (Å²) in [5.74, 6) is -1.60. The maximum atomic E-state index is 13.1. The van der Waals surface area contributed by atoms with Crippen LogP contribution in [0.25, 0.3) is 0 Å². The normalized spacial score (nSPS) is 16.7. The predicted molar refractivity (Wildman–Crippen MR) is 93.9 cm³/mol. The lowest BCUT2D eigenvalue weighted by molar-refractivity contribution is -0.131. The fraction of sp³-hybridized carbons (Fsp3) is 0.211. The summed E-state index contributed by atoms with van der Waals surface area (Å²) in [5.41, 5.74) is 0.889.